The van der Waals surface area contributed by atoms with Crippen molar-refractivity contribution in [3.05, 3.63) is 58.1 Å². The first-order valence-corrected chi connectivity index (χ1v) is 8.37. The Hall–Kier alpha value is -0.970. The Morgan fingerprint density at radius 2 is 1.90 bits per heavy atom. The van der Waals surface area contributed by atoms with Crippen molar-refractivity contribution in [1.82, 2.24) is 0 Å². The largest absolute Gasteiger partial charge is 0.496 e. The first-order valence-electron chi connectivity index (χ1n) is 6.36. The molecule has 0 fully saturated rings. The topological polar surface area (TPSA) is 35.2 Å². The van der Waals surface area contributed by atoms with Gasteiger partial charge in [-0.05, 0) is 54.1 Å². The Bertz CT molecular complexity index is 571. The number of rotatable bonds is 5. The molecule has 0 spiro atoms. The van der Waals surface area contributed by atoms with Crippen LogP contribution in [0.15, 0.2) is 51.8 Å². The van der Waals surface area contributed by atoms with E-state index >= 15 is 0 Å². The highest BCUT2D eigenvalue weighted by Crippen LogP contribution is 2.27. The van der Waals surface area contributed by atoms with Gasteiger partial charge in [0.05, 0.1) is 7.11 Å². The molecule has 1 atom stereocenters. The number of hydrogen-bond donors (Lipinski definition) is 1. The van der Waals surface area contributed by atoms with Crippen molar-refractivity contribution < 1.29 is 4.74 Å². The fourth-order valence-corrected chi connectivity index (χ4v) is 2.93. The molecule has 2 aromatic carbocycles. The fraction of sp³-hybridized carbons (Fsp3) is 0.250. The zero-order valence-electron chi connectivity index (χ0n) is 11.6. The normalized spacial score (nSPS) is 12.2. The molecule has 0 saturated heterocycles. The molecule has 4 heteroatoms. The van der Waals surface area contributed by atoms with Crippen LogP contribution in [-0.2, 0) is 6.42 Å². The van der Waals surface area contributed by atoms with Gasteiger partial charge >= 0.3 is 0 Å². The molecule has 0 amide bonds. The predicted molar refractivity (Wildman–Crippen MR) is 89.5 cm³/mol. The molecule has 0 saturated carbocycles. The van der Waals surface area contributed by atoms with Crippen LogP contribution in [0.2, 0.25) is 0 Å². The highest BCUT2D eigenvalue weighted by Gasteiger charge is 2.11. The van der Waals surface area contributed by atoms with Gasteiger partial charge in [0.1, 0.15) is 5.75 Å². The molecule has 0 aliphatic heterocycles. The molecule has 2 rings (SSSR count). The number of nitrogens with two attached hydrogens (primary N) is 1. The highest BCUT2D eigenvalue weighted by molar-refractivity contribution is 9.10. The van der Waals surface area contributed by atoms with Gasteiger partial charge in [0.2, 0.25) is 0 Å². The van der Waals surface area contributed by atoms with Crippen molar-refractivity contribution in [2.75, 3.05) is 13.4 Å². The van der Waals surface area contributed by atoms with E-state index in [0.29, 0.717) is 0 Å². The maximum atomic E-state index is 6.31. The summed E-state index contributed by atoms with van der Waals surface area (Å²) < 4.78 is 6.43. The second-order valence-electron chi connectivity index (χ2n) is 4.54. The molecule has 0 heterocycles. The van der Waals surface area contributed by atoms with E-state index in [4.69, 9.17) is 10.5 Å². The van der Waals surface area contributed by atoms with E-state index in [0.717, 1.165) is 27.8 Å². The lowest BCUT2D eigenvalue weighted by Crippen LogP contribution is -2.13. The number of ether oxygens (including phenoxy) is 1. The number of methoxy groups -OCH3 is 1. The summed E-state index contributed by atoms with van der Waals surface area (Å²) in [7, 11) is 1.69. The minimum atomic E-state index is -0.0332. The van der Waals surface area contributed by atoms with Crippen LogP contribution < -0.4 is 10.5 Å². The van der Waals surface area contributed by atoms with Crippen LogP contribution in [-0.4, -0.2) is 13.4 Å². The lowest BCUT2D eigenvalue weighted by atomic mass is 9.99. The molecule has 20 heavy (non-hydrogen) atoms. The summed E-state index contributed by atoms with van der Waals surface area (Å²) in [6.07, 6.45) is 2.82. The van der Waals surface area contributed by atoms with E-state index in [1.54, 1.807) is 18.9 Å². The molecule has 2 aromatic rings. The second kappa shape index (κ2) is 7.16. The minimum absolute atomic E-state index is 0.0332. The van der Waals surface area contributed by atoms with Gasteiger partial charge in [0.25, 0.3) is 0 Å². The summed E-state index contributed by atoms with van der Waals surface area (Å²) >= 11 is 5.23. The number of hydrogen-bond acceptors (Lipinski definition) is 3. The highest BCUT2D eigenvalue weighted by atomic mass is 79.9. The first kappa shape index (κ1) is 15.4. The monoisotopic (exact) mass is 351 g/mol. The Morgan fingerprint density at radius 3 is 2.50 bits per heavy atom. The summed E-state index contributed by atoms with van der Waals surface area (Å²) in [6.45, 7) is 0. The van der Waals surface area contributed by atoms with Crippen LogP contribution >= 0.6 is 27.7 Å². The van der Waals surface area contributed by atoms with Crippen LogP contribution in [0.4, 0.5) is 0 Å². The smallest absolute Gasteiger partial charge is 0.122 e. The van der Waals surface area contributed by atoms with Crippen LogP contribution in [0, 0.1) is 0 Å². The van der Waals surface area contributed by atoms with Crippen molar-refractivity contribution in [3.63, 3.8) is 0 Å². The molecular weight excluding hydrogens is 334 g/mol. The van der Waals surface area contributed by atoms with Gasteiger partial charge in [-0.2, -0.15) is 0 Å². The van der Waals surface area contributed by atoms with Gasteiger partial charge in [-0.25, -0.2) is 0 Å². The molecule has 1 unspecified atom stereocenters. The van der Waals surface area contributed by atoms with Crippen LogP contribution in [0.3, 0.4) is 0 Å². The van der Waals surface area contributed by atoms with Crippen LogP contribution in [0.5, 0.6) is 5.75 Å². The SMILES string of the molecule is COc1ccc(Br)cc1CC(N)c1ccc(SC)cc1. The zero-order valence-corrected chi connectivity index (χ0v) is 14.0. The van der Waals surface area contributed by atoms with Crippen molar-refractivity contribution >= 4 is 27.7 Å². The standard InChI is InChI=1S/C16H18BrNOS/c1-19-16-8-5-13(17)9-12(16)10-15(18)11-3-6-14(20-2)7-4-11/h3-9,15H,10,18H2,1-2H3. The molecule has 0 aliphatic rings. The summed E-state index contributed by atoms with van der Waals surface area (Å²) in [5.41, 5.74) is 8.57. The molecule has 2 N–H and O–H groups in total. The van der Waals surface area contributed by atoms with E-state index in [2.05, 4.69) is 52.5 Å². The van der Waals surface area contributed by atoms with Gasteiger partial charge in [-0.1, -0.05) is 28.1 Å². The Balaban J connectivity index is 2.17. The second-order valence-corrected chi connectivity index (χ2v) is 6.34. The quantitative estimate of drug-likeness (QED) is 0.809. The van der Waals surface area contributed by atoms with E-state index in [1.807, 2.05) is 12.1 Å². The molecule has 0 aliphatic carbocycles. The average Bonchev–Trinajstić information content (AvgIpc) is 2.47. The maximum Gasteiger partial charge on any atom is 0.122 e. The zero-order chi connectivity index (χ0) is 14.5. The van der Waals surface area contributed by atoms with E-state index in [-0.39, 0.29) is 6.04 Å². The third-order valence-electron chi connectivity index (χ3n) is 3.23. The number of thioether (sulfide) groups is 1. The third-order valence-corrected chi connectivity index (χ3v) is 4.46. The van der Waals surface area contributed by atoms with Crippen molar-refractivity contribution in [1.29, 1.82) is 0 Å². The van der Waals surface area contributed by atoms with Crippen molar-refractivity contribution in [2.45, 2.75) is 17.4 Å². The van der Waals surface area contributed by atoms with Gasteiger partial charge in [-0.15, -0.1) is 11.8 Å². The summed E-state index contributed by atoms with van der Waals surface area (Å²) in [5, 5.41) is 0. The van der Waals surface area contributed by atoms with Gasteiger partial charge < -0.3 is 10.5 Å². The summed E-state index contributed by atoms with van der Waals surface area (Å²) in [5.74, 6) is 0.879. The average molecular weight is 352 g/mol. The van der Waals surface area contributed by atoms with Gasteiger partial charge in [-0.3, -0.25) is 0 Å². The lowest BCUT2D eigenvalue weighted by molar-refractivity contribution is 0.408. The van der Waals surface area contributed by atoms with Gasteiger partial charge in [0, 0.05) is 15.4 Å². The van der Waals surface area contributed by atoms with Crippen molar-refractivity contribution in [2.24, 2.45) is 5.73 Å². The Kier molecular flexibility index (Phi) is 5.52. The molecule has 0 bridgehead atoms. The van der Waals surface area contributed by atoms with E-state index in [9.17, 15) is 0 Å². The van der Waals surface area contributed by atoms with Crippen LogP contribution in [0.25, 0.3) is 0 Å². The molecule has 0 radical (unpaired) electrons. The molecule has 0 aromatic heterocycles. The van der Waals surface area contributed by atoms with E-state index < -0.39 is 0 Å². The molecular formula is C16H18BrNOS. The third kappa shape index (κ3) is 3.78. The molecule has 106 valence electrons. The predicted octanol–water partition coefficient (Wildman–Crippen LogP) is 4.42. The van der Waals surface area contributed by atoms with Crippen molar-refractivity contribution in [3.8, 4) is 5.75 Å². The summed E-state index contributed by atoms with van der Waals surface area (Å²) in [4.78, 5) is 1.25. The summed E-state index contributed by atoms with van der Waals surface area (Å²) in [6, 6.07) is 14.4. The first-order chi connectivity index (χ1) is 9.63. The van der Waals surface area contributed by atoms with Crippen LogP contribution in [0.1, 0.15) is 17.2 Å². The lowest BCUT2D eigenvalue weighted by Gasteiger charge is -2.15. The number of benzene rings is 2. The Labute approximate surface area is 132 Å². The fourth-order valence-electron chi connectivity index (χ4n) is 2.11. The minimum Gasteiger partial charge on any atom is -0.496 e. The Morgan fingerprint density at radius 1 is 1.20 bits per heavy atom. The van der Waals surface area contributed by atoms with E-state index in [1.165, 1.54) is 4.90 Å². The maximum absolute atomic E-state index is 6.31. The number of halogens is 1. The van der Waals surface area contributed by atoms with Gasteiger partial charge in [0.15, 0.2) is 0 Å². The molecule has 2 nitrogen and oxygen atoms in total.